The van der Waals surface area contributed by atoms with Gasteiger partial charge >= 0.3 is 0 Å². The molecular formula is C87H150. The number of rotatable bonds is 18. The molecule has 0 nitrogen and oxygen atoms in total. The molecule has 0 heterocycles. The molecule has 24 atom stereocenters. The van der Waals surface area contributed by atoms with Gasteiger partial charge in [-0.2, -0.15) is 0 Å². The molecule has 0 amide bonds. The van der Waals surface area contributed by atoms with E-state index >= 15 is 0 Å². The normalized spacial score (nSPS) is 45.3. The first kappa shape index (κ1) is 69.1. The molecular weight excluding hydrogens is 1040 g/mol. The van der Waals surface area contributed by atoms with Crippen LogP contribution in [0.15, 0.2) is 34.9 Å². The third kappa shape index (κ3) is 13.6. The Morgan fingerprint density at radius 1 is 0.368 bits per heavy atom. The lowest BCUT2D eigenvalue weighted by Gasteiger charge is -2.58. The molecule has 9 fully saturated rings. The monoisotopic (exact) mass is 1200 g/mol. The van der Waals surface area contributed by atoms with Crippen LogP contribution >= 0.6 is 0 Å². The van der Waals surface area contributed by atoms with Crippen LogP contribution < -0.4 is 0 Å². The van der Waals surface area contributed by atoms with Crippen molar-refractivity contribution in [3.05, 3.63) is 34.9 Å². The van der Waals surface area contributed by atoms with Crippen molar-refractivity contribution in [2.75, 3.05) is 0 Å². The maximum atomic E-state index is 2.79. The molecule has 12 rings (SSSR count). The van der Waals surface area contributed by atoms with Crippen LogP contribution in [0.3, 0.4) is 0 Å². The lowest BCUT2D eigenvalue weighted by Crippen LogP contribution is -2.50. The minimum Gasteiger partial charge on any atom is -0.0845 e. The highest BCUT2D eigenvalue weighted by molar-refractivity contribution is 5.28. The first-order valence-electron chi connectivity index (χ1n) is 40.4. The van der Waals surface area contributed by atoms with Gasteiger partial charge in [0.15, 0.2) is 0 Å². The SMILES string of the molecule is CC(C)CCC[C@@H](C)[C@H]1CC[C@H]2[C@@H]3CC=C4C[C@@H](C)CC[C@]4(C)[C@H]3CC[C@]12C.CCC[C@H]1CC[C@@]2(C)C(=CC[C@H]3[C@@H]4CC[C@H]([C@H](C)CCCC(C)C)[C@@]4(C)CC[C@@H]32)C1.CC[C@H]1CC[C@@]2(C)C(=CC[C@H]3[C@@H]4CC[C@H]([C@H](C)CCCC(C)C)[C@@]4(C)CC[C@@H]32)C1. The van der Waals surface area contributed by atoms with Gasteiger partial charge in [-0.1, -0.05) is 237 Å². The number of allylic oxidation sites excluding steroid dienone is 6. The predicted octanol–water partition coefficient (Wildman–Crippen LogP) is 27.2. The van der Waals surface area contributed by atoms with E-state index in [0.717, 1.165) is 124 Å². The second-order valence-electron chi connectivity index (χ2n) is 38.6. The van der Waals surface area contributed by atoms with Crippen molar-refractivity contribution in [3.63, 3.8) is 0 Å². The molecule has 0 aliphatic heterocycles. The summed E-state index contributed by atoms with van der Waals surface area (Å²) in [4.78, 5) is 0. The summed E-state index contributed by atoms with van der Waals surface area (Å²) in [6, 6.07) is 0. The molecule has 9 saturated carbocycles. The second kappa shape index (κ2) is 28.3. The first-order valence-corrected chi connectivity index (χ1v) is 40.4. The maximum Gasteiger partial charge on any atom is -0.00851 e. The van der Waals surface area contributed by atoms with E-state index in [-0.39, 0.29) is 0 Å². The van der Waals surface area contributed by atoms with Crippen molar-refractivity contribution in [2.24, 2.45) is 157 Å². The van der Waals surface area contributed by atoms with Crippen LogP contribution in [0, 0.1) is 157 Å². The van der Waals surface area contributed by atoms with Crippen LogP contribution in [0.25, 0.3) is 0 Å². The Kier molecular flexibility index (Phi) is 22.4. The van der Waals surface area contributed by atoms with Crippen molar-refractivity contribution in [1.29, 1.82) is 0 Å². The van der Waals surface area contributed by atoms with Gasteiger partial charge < -0.3 is 0 Å². The van der Waals surface area contributed by atoms with Gasteiger partial charge in [0.05, 0.1) is 0 Å². The Balaban J connectivity index is 0.000000145. The molecule has 12 aliphatic carbocycles. The van der Waals surface area contributed by atoms with Crippen LogP contribution in [0.4, 0.5) is 0 Å². The summed E-state index contributed by atoms with van der Waals surface area (Å²) in [5.41, 5.74) is 9.23. The van der Waals surface area contributed by atoms with Gasteiger partial charge in [-0.05, 0) is 311 Å². The van der Waals surface area contributed by atoms with Gasteiger partial charge in [-0.15, -0.1) is 0 Å². The number of hydrogen-bond donors (Lipinski definition) is 0. The molecule has 12 aliphatic rings. The quantitative estimate of drug-likeness (QED) is 0.120. The van der Waals surface area contributed by atoms with Gasteiger partial charge in [-0.3, -0.25) is 0 Å². The Hall–Kier alpha value is -0.780. The second-order valence-corrected chi connectivity index (χ2v) is 38.6. The Bertz CT molecular complexity index is 2300. The number of fused-ring (bicyclic) bond motifs is 15. The summed E-state index contributed by atoms with van der Waals surface area (Å²) in [6.07, 6.45) is 61.3. The van der Waals surface area contributed by atoms with Crippen molar-refractivity contribution < 1.29 is 0 Å². The lowest BCUT2D eigenvalue weighted by atomic mass is 9.46. The van der Waals surface area contributed by atoms with Gasteiger partial charge in [0, 0.05) is 0 Å². The Morgan fingerprint density at radius 2 is 0.701 bits per heavy atom. The Morgan fingerprint density at radius 3 is 1.05 bits per heavy atom. The fourth-order valence-electron chi connectivity index (χ4n) is 27.4. The average Bonchev–Trinajstić information content (AvgIpc) is 1.87. The highest BCUT2D eigenvalue weighted by Gasteiger charge is 2.62. The summed E-state index contributed by atoms with van der Waals surface area (Å²) >= 11 is 0. The summed E-state index contributed by atoms with van der Waals surface area (Å²) in [6.45, 7) is 45.7. The predicted molar refractivity (Wildman–Crippen MR) is 380 cm³/mol. The van der Waals surface area contributed by atoms with Crippen LogP contribution in [0.5, 0.6) is 0 Å². The zero-order valence-corrected chi connectivity index (χ0v) is 61.8. The van der Waals surface area contributed by atoms with Crippen LogP contribution in [-0.2, 0) is 0 Å². The molecule has 0 N–H and O–H groups in total. The molecule has 0 spiro atoms. The average molecular weight is 1200 g/mol. The van der Waals surface area contributed by atoms with E-state index in [1.165, 1.54) is 231 Å². The highest BCUT2D eigenvalue weighted by atomic mass is 14.7. The number of hydrogen-bond acceptors (Lipinski definition) is 0. The molecule has 498 valence electrons. The molecule has 0 aromatic heterocycles. The van der Waals surface area contributed by atoms with E-state index in [4.69, 9.17) is 0 Å². The van der Waals surface area contributed by atoms with E-state index in [2.05, 4.69) is 143 Å². The molecule has 0 unspecified atom stereocenters. The van der Waals surface area contributed by atoms with Crippen molar-refractivity contribution >= 4 is 0 Å². The van der Waals surface area contributed by atoms with Gasteiger partial charge in [-0.25, -0.2) is 0 Å². The summed E-state index contributed by atoms with van der Waals surface area (Å²) < 4.78 is 0. The summed E-state index contributed by atoms with van der Waals surface area (Å²) in [5, 5.41) is 0. The molecule has 0 aromatic rings. The molecule has 0 heteroatoms. The molecule has 0 radical (unpaired) electrons. The zero-order chi connectivity index (χ0) is 62.4. The van der Waals surface area contributed by atoms with E-state index in [1.54, 1.807) is 0 Å². The van der Waals surface area contributed by atoms with Crippen molar-refractivity contribution in [3.8, 4) is 0 Å². The lowest BCUT2D eigenvalue weighted by molar-refractivity contribution is -0.0529. The van der Waals surface area contributed by atoms with Gasteiger partial charge in [0.25, 0.3) is 0 Å². The maximum absolute atomic E-state index is 2.79. The summed E-state index contributed by atoms with van der Waals surface area (Å²) in [7, 11) is 0. The first-order chi connectivity index (χ1) is 41.3. The molecule has 0 aromatic carbocycles. The molecule has 0 saturated heterocycles. The zero-order valence-electron chi connectivity index (χ0n) is 61.8. The van der Waals surface area contributed by atoms with Crippen molar-refractivity contribution in [1.82, 2.24) is 0 Å². The fourth-order valence-corrected chi connectivity index (χ4v) is 27.4. The van der Waals surface area contributed by atoms with Gasteiger partial charge in [0.1, 0.15) is 0 Å². The minimum absolute atomic E-state index is 0.551. The standard InChI is InChI=1S/C30H52.C29H50.C28H48/c1-7-9-23-16-18-29(5)24(20-23)12-13-25-27-15-14-26(22(4)11-8-10-21(2)3)30(27,6)19-17-28(25)29;1-7-22-15-17-28(5)23(19-22)11-12-24-26-14-13-25(21(4)10-8-9-20(2)3)29(26,6)18-16-27(24)28;1-19(2)8-7-9-21(4)24-12-13-25-23-11-10-22-18-20(3)14-16-27(22,5)26(23)15-17-28(24,25)6/h12,21-23,25-28H,7-11,13-20H2,1-6H3;11,20-22,24-27H,7-10,12-19H2,1-6H3;10,19-21,23-26H,7-9,11-18H2,1-6H3/t22-,23+,25+,26-,27+,28+,29+,30-;21-,22+,24+,25-,26+,27+,28+,29-;20-,21+,23-,24+,25-,26-,27-,28+/m110/s1. The highest BCUT2D eigenvalue weighted by Crippen LogP contribution is 2.71. The van der Waals surface area contributed by atoms with Crippen LogP contribution in [0.2, 0.25) is 0 Å². The van der Waals surface area contributed by atoms with E-state index < -0.39 is 0 Å². The fraction of sp³-hybridized carbons (Fsp3) is 0.931. The minimum atomic E-state index is 0.551. The third-order valence-corrected chi connectivity index (χ3v) is 32.6. The largest absolute Gasteiger partial charge is 0.0845 e. The van der Waals surface area contributed by atoms with Gasteiger partial charge in [0.2, 0.25) is 0 Å². The van der Waals surface area contributed by atoms with E-state index in [1.807, 2.05) is 16.7 Å². The smallest absolute Gasteiger partial charge is 0.00851 e. The molecule has 0 bridgehead atoms. The summed E-state index contributed by atoms with van der Waals surface area (Å²) in [5.74, 6) is 20.3. The van der Waals surface area contributed by atoms with Crippen LogP contribution in [0.1, 0.15) is 356 Å². The Labute approximate surface area is 544 Å². The van der Waals surface area contributed by atoms with E-state index in [9.17, 15) is 0 Å². The topological polar surface area (TPSA) is 0 Å². The van der Waals surface area contributed by atoms with Crippen LogP contribution in [-0.4, -0.2) is 0 Å². The van der Waals surface area contributed by atoms with Crippen molar-refractivity contribution in [2.45, 2.75) is 356 Å². The van der Waals surface area contributed by atoms with E-state index in [0.29, 0.717) is 32.5 Å². The third-order valence-electron chi connectivity index (χ3n) is 32.6. The molecule has 87 heavy (non-hydrogen) atoms.